The van der Waals surface area contributed by atoms with Crippen LogP contribution in [-0.2, 0) is 11.2 Å². The zero-order valence-corrected chi connectivity index (χ0v) is 15.0. The second kappa shape index (κ2) is 8.93. The second-order valence-electron chi connectivity index (χ2n) is 5.35. The van der Waals surface area contributed by atoms with E-state index in [1.54, 1.807) is 6.21 Å². The maximum absolute atomic E-state index is 11.8. The molecule has 2 aromatic rings. The summed E-state index contributed by atoms with van der Waals surface area (Å²) in [6, 6.07) is 9.22. The summed E-state index contributed by atoms with van der Waals surface area (Å²) < 4.78 is 0.187. The van der Waals surface area contributed by atoms with Gasteiger partial charge in [-0.05, 0) is 43.8 Å². The summed E-state index contributed by atoms with van der Waals surface area (Å²) in [7, 11) is 0. The minimum Gasteiger partial charge on any atom is -0.372 e. The van der Waals surface area contributed by atoms with E-state index in [0.717, 1.165) is 24.3 Å². The van der Waals surface area contributed by atoms with Crippen LogP contribution in [0, 0.1) is 4.77 Å². The lowest BCUT2D eigenvalue weighted by atomic mass is 10.2. The number of anilines is 1. The van der Waals surface area contributed by atoms with E-state index in [2.05, 4.69) is 39.2 Å². The first-order valence-electron chi connectivity index (χ1n) is 8.01. The van der Waals surface area contributed by atoms with Crippen LogP contribution in [-0.4, -0.2) is 35.2 Å². The molecule has 8 heteroatoms. The average molecular weight is 359 g/mol. The molecule has 1 amide bonds. The number of hydrazone groups is 1. The molecule has 0 radical (unpaired) electrons. The molecule has 0 aliphatic heterocycles. The summed E-state index contributed by atoms with van der Waals surface area (Å²) in [4.78, 5) is 30.6. The Morgan fingerprint density at radius 3 is 2.52 bits per heavy atom. The molecule has 25 heavy (non-hydrogen) atoms. The lowest BCUT2D eigenvalue weighted by Gasteiger charge is -2.20. The predicted molar refractivity (Wildman–Crippen MR) is 102 cm³/mol. The Morgan fingerprint density at radius 2 is 1.92 bits per heavy atom. The Morgan fingerprint density at radius 1 is 1.24 bits per heavy atom. The molecular formula is C17H21N5O2S. The molecule has 0 atom stereocenters. The van der Waals surface area contributed by atoms with Gasteiger partial charge >= 0.3 is 0 Å². The summed E-state index contributed by atoms with van der Waals surface area (Å²) in [6.45, 7) is 6.12. The summed E-state index contributed by atoms with van der Waals surface area (Å²) in [6.07, 6.45) is 1.57. The van der Waals surface area contributed by atoms with Crippen LogP contribution in [0.5, 0.6) is 0 Å². The van der Waals surface area contributed by atoms with Gasteiger partial charge in [0.05, 0.1) is 12.6 Å². The first-order valence-corrected chi connectivity index (χ1v) is 8.42. The zero-order chi connectivity index (χ0) is 18.2. The van der Waals surface area contributed by atoms with Crippen molar-refractivity contribution in [2.24, 2.45) is 5.10 Å². The van der Waals surface area contributed by atoms with Gasteiger partial charge in [-0.3, -0.25) is 14.6 Å². The largest absolute Gasteiger partial charge is 0.372 e. The number of nitrogens with zero attached hydrogens (tertiary/aromatic N) is 2. The van der Waals surface area contributed by atoms with Gasteiger partial charge in [0, 0.05) is 30.5 Å². The normalized spacial score (nSPS) is 10.8. The SMILES string of the molecule is CCN(CC)c1ccc(/C=N\NC(=O)Cc2cc(=O)[nH]c(=S)[nH]2)cc1. The number of aromatic nitrogens is 2. The van der Waals surface area contributed by atoms with Gasteiger partial charge < -0.3 is 9.88 Å². The third kappa shape index (κ3) is 5.68. The molecule has 0 saturated heterocycles. The van der Waals surface area contributed by atoms with Gasteiger partial charge in [0.25, 0.3) is 5.56 Å². The molecule has 0 aliphatic rings. The molecule has 0 saturated carbocycles. The fourth-order valence-electron chi connectivity index (χ4n) is 2.37. The topological polar surface area (TPSA) is 93.3 Å². The summed E-state index contributed by atoms with van der Waals surface area (Å²) in [5, 5.41) is 3.93. The quantitative estimate of drug-likeness (QED) is 0.400. The van der Waals surface area contributed by atoms with Crippen LogP contribution < -0.4 is 15.9 Å². The van der Waals surface area contributed by atoms with Crippen molar-refractivity contribution in [3.05, 3.63) is 56.7 Å². The van der Waals surface area contributed by atoms with Crippen molar-refractivity contribution in [2.45, 2.75) is 20.3 Å². The fraction of sp³-hybridized carbons (Fsp3) is 0.294. The third-order valence-corrected chi connectivity index (χ3v) is 3.80. The number of rotatable bonds is 7. The Balaban J connectivity index is 1.92. The van der Waals surface area contributed by atoms with Crippen LogP contribution in [0.15, 0.2) is 40.2 Å². The van der Waals surface area contributed by atoms with Crippen molar-refractivity contribution in [3.8, 4) is 0 Å². The molecular weight excluding hydrogens is 338 g/mol. The van der Waals surface area contributed by atoms with Gasteiger partial charge in [-0.1, -0.05) is 12.1 Å². The first-order chi connectivity index (χ1) is 12.0. The Kier molecular flexibility index (Phi) is 6.64. The monoisotopic (exact) mass is 359 g/mol. The minimum atomic E-state index is -0.344. The minimum absolute atomic E-state index is 0.00814. The predicted octanol–water partition coefficient (Wildman–Crippen LogP) is 1.97. The highest BCUT2D eigenvalue weighted by Gasteiger charge is 2.04. The van der Waals surface area contributed by atoms with Gasteiger partial charge in [0.1, 0.15) is 0 Å². The molecule has 0 bridgehead atoms. The number of H-pyrrole nitrogens is 2. The van der Waals surface area contributed by atoms with Gasteiger partial charge in [-0.15, -0.1) is 0 Å². The van der Waals surface area contributed by atoms with Crippen molar-refractivity contribution in [1.29, 1.82) is 0 Å². The molecule has 1 aromatic heterocycles. The van der Waals surface area contributed by atoms with Crippen molar-refractivity contribution in [1.82, 2.24) is 15.4 Å². The van der Waals surface area contributed by atoms with Crippen molar-refractivity contribution >= 4 is 30.0 Å². The lowest BCUT2D eigenvalue weighted by Crippen LogP contribution is -2.22. The van der Waals surface area contributed by atoms with Crippen molar-refractivity contribution in [2.75, 3.05) is 18.0 Å². The van der Waals surface area contributed by atoms with E-state index >= 15 is 0 Å². The number of nitrogens with one attached hydrogen (secondary N) is 3. The van der Waals surface area contributed by atoms with Crippen LogP contribution in [0.2, 0.25) is 0 Å². The highest BCUT2D eigenvalue weighted by molar-refractivity contribution is 7.71. The highest BCUT2D eigenvalue weighted by Crippen LogP contribution is 2.13. The Hall–Kier alpha value is -2.74. The molecule has 132 valence electrons. The fourth-order valence-corrected chi connectivity index (χ4v) is 2.60. The maximum atomic E-state index is 11.8. The third-order valence-electron chi connectivity index (χ3n) is 3.59. The molecule has 7 nitrogen and oxygen atoms in total. The number of hydrogen-bond acceptors (Lipinski definition) is 5. The van der Waals surface area contributed by atoms with Crippen LogP contribution in [0.1, 0.15) is 25.1 Å². The molecule has 1 heterocycles. The van der Waals surface area contributed by atoms with E-state index in [4.69, 9.17) is 12.2 Å². The lowest BCUT2D eigenvalue weighted by molar-refractivity contribution is -0.120. The van der Waals surface area contributed by atoms with Crippen LogP contribution in [0.4, 0.5) is 5.69 Å². The summed E-state index contributed by atoms with van der Waals surface area (Å²) >= 11 is 4.86. The molecule has 3 N–H and O–H groups in total. The van der Waals surface area contributed by atoms with E-state index < -0.39 is 0 Å². The van der Waals surface area contributed by atoms with Crippen molar-refractivity contribution < 1.29 is 4.79 Å². The molecule has 1 aromatic carbocycles. The molecule has 0 fully saturated rings. The number of benzene rings is 1. The Labute approximate surface area is 150 Å². The van der Waals surface area contributed by atoms with Crippen molar-refractivity contribution in [3.63, 3.8) is 0 Å². The molecule has 2 rings (SSSR count). The van der Waals surface area contributed by atoms with Crippen LogP contribution in [0.3, 0.4) is 0 Å². The molecule has 0 unspecified atom stereocenters. The standard InChI is InChI=1S/C17H21N5O2S/c1-3-22(4-2)14-7-5-12(6-8-14)11-18-21-16(24)10-13-9-15(23)20-17(25)19-13/h5-9,11H,3-4,10H2,1-2H3,(H,21,24)(H2,19,20,23,25)/b18-11-. The van der Waals surface area contributed by atoms with E-state index in [9.17, 15) is 9.59 Å². The van der Waals surface area contributed by atoms with Crippen LogP contribution >= 0.6 is 12.2 Å². The highest BCUT2D eigenvalue weighted by atomic mass is 32.1. The van der Waals surface area contributed by atoms with E-state index in [0.29, 0.717) is 5.69 Å². The second-order valence-corrected chi connectivity index (χ2v) is 5.75. The van der Waals surface area contributed by atoms with Gasteiger partial charge in [0.2, 0.25) is 5.91 Å². The summed E-state index contributed by atoms with van der Waals surface area (Å²) in [5.41, 5.74) is 4.55. The Bertz CT molecular complexity index is 822. The van der Waals surface area contributed by atoms with Crippen LogP contribution in [0.25, 0.3) is 0 Å². The van der Waals surface area contributed by atoms with Gasteiger partial charge in [-0.2, -0.15) is 5.10 Å². The molecule has 0 spiro atoms. The average Bonchev–Trinajstić information content (AvgIpc) is 2.56. The first kappa shape index (κ1) is 18.6. The summed E-state index contributed by atoms with van der Waals surface area (Å²) in [5.74, 6) is -0.340. The van der Waals surface area contributed by atoms with Gasteiger partial charge in [-0.25, -0.2) is 5.43 Å². The van der Waals surface area contributed by atoms with E-state index in [-0.39, 0.29) is 22.7 Å². The maximum Gasteiger partial charge on any atom is 0.251 e. The van der Waals surface area contributed by atoms with E-state index in [1.165, 1.54) is 6.07 Å². The van der Waals surface area contributed by atoms with Gasteiger partial charge in [0.15, 0.2) is 4.77 Å². The number of hydrogen-bond donors (Lipinski definition) is 3. The zero-order valence-electron chi connectivity index (χ0n) is 14.2. The number of carbonyl (C=O) groups is 1. The van der Waals surface area contributed by atoms with E-state index in [1.807, 2.05) is 24.3 Å². The number of carbonyl (C=O) groups excluding carboxylic acids is 1. The molecule has 0 aliphatic carbocycles. The smallest absolute Gasteiger partial charge is 0.251 e. The number of aromatic amines is 2. The number of amides is 1.